The number of amides is 2. The normalized spacial score (nSPS) is 38.9. The molecule has 5 unspecified atom stereocenters. The van der Waals surface area contributed by atoms with E-state index >= 15 is 0 Å². The molecule has 3 rings (SSSR count). The first-order chi connectivity index (χ1) is 13.0. The van der Waals surface area contributed by atoms with Gasteiger partial charge >= 0.3 is 0 Å². The minimum Gasteiger partial charge on any atom is -0.353 e. The van der Waals surface area contributed by atoms with Crippen molar-refractivity contribution < 1.29 is 9.59 Å². The van der Waals surface area contributed by atoms with Crippen LogP contribution in [0.5, 0.6) is 0 Å². The molecule has 1 saturated heterocycles. The molecule has 0 aromatic heterocycles. The Hall–Kier alpha value is -1.14. The monoisotopic (exact) mass is 378 g/mol. The largest absolute Gasteiger partial charge is 0.353 e. The Morgan fingerprint density at radius 2 is 1.70 bits per heavy atom. The molecular formula is C21H38N4O2. The lowest BCUT2D eigenvalue weighted by Gasteiger charge is -2.33. The molecule has 3 aliphatic rings. The molecule has 6 nitrogen and oxygen atoms in total. The third-order valence-corrected chi connectivity index (χ3v) is 7.19. The van der Waals surface area contributed by atoms with Gasteiger partial charge in [0.1, 0.15) is 0 Å². The van der Waals surface area contributed by atoms with Crippen molar-refractivity contribution in [1.82, 2.24) is 16.0 Å². The van der Waals surface area contributed by atoms with Gasteiger partial charge in [0.2, 0.25) is 11.8 Å². The summed E-state index contributed by atoms with van der Waals surface area (Å²) < 4.78 is 0. The van der Waals surface area contributed by atoms with Crippen LogP contribution in [-0.4, -0.2) is 42.5 Å². The van der Waals surface area contributed by atoms with Gasteiger partial charge in [-0.3, -0.25) is 9.59 Å². The van der Waals surface area contributed by atoms with Crippen molar-refractivity contribution in [3.8, 4) is 0 Å². The number of hydrogen-bond acceptors (Lipinski definition) is 4. The summed E-state index contributed by atoms with van der Waals surface area (Å²) in [5.74, 6) is 2.03. The summed E-state index contributed by atoms with van der Waals surface area (Å²) >= 11 is 0. The van der Waals surface area contributed by atoms with Gasteiger partial charge < -0.3 is 21.7 Å². The van der Waals surface area contributed by atoms with Gasteiger partial charge in [0.15, 0.2) is 0 Å². The summed E-state index contributed by atoms with van der Waals surface area (Å²) in [6.07, 6.45) is 9.03. The van der Waals surface area contributed by atoms with E-state index in [-0.39, 0.29) is 29.9 Å². The average molecular weight is 379 g/mol. The average Bonchev–Trinajstić information content (AvgIpc) is 3.04. The predicted octanol–water partition coefficient (Wildman–Crippen LogP) is 1.68. The molecule has 0 aromatic carbocycles. The van der Waals surface area contributed by atoms with Crippen LogP contribution >= 0.6 is 0 Å². The number of hydrogen-bond donors (Lipinski definition) is 4. The van der Waals surface area contributed by atoms with E-state index in [4.69, 9.17) is 5.73 Å². The molecule has 5 atom stereocenters. The zero-order valence-electron chi connectivity index (χ0n) is 17.0. The maximum atomic E-state index is 13.0. The van der Waals surface area contributed by atoms with Gasteiger partial charge in [-0.05, 0) is 56.3 Å². The van der Waals surface area contributed by atoms with E-state index in [0.29, 0.717) is 36.8 Å². The molecular weight excluding hydrogens is 340 g/mol. The van der Waals surface area contributed by atoms with Crippen molar-refractivity contribution in [2.75, 3.05) is 6.54 Å². The van der Waals surface area contributed by atoms with Crippen molar-refractivity contribution in [3.63, 3.8) is 0 Å². The van der Waals surface area contributed by atoms with Crippen LogP contribution < -0.4 is 21.7 Å². The van der Waals surface area contributed by atoms with Crippen molar-refractivity contribution >= 4 is 11.8 Å². The quantitative estimate of drug-likeness (QED) is 0.565. The molecule has 154 valence electrons. The third-order valence-electron chi connectivity index (χ3n) is 7.19. The summed E-state index contributed by atoms with van der Waals surface area (Å²) in [7, 11) is 0. The Balaban J connectivity index is 1.48. The van der Waals surface area contributed by atoms with E-state index in [2.05, 4.69) is 29.8 Å². The zero-order valence-corrected chi connectivity index (χ0v) is 17.0. The fourth-order valence-electron chi connectivity index (χ4n) is 5.72. The molecule has 2 saturated carbocycles. The highest BCUT2D eigenvalue weighted by atomic mass is 16.2. The van der Waals surface area contributed by atoms with E-state index in [9.17, 15) is 9.59 Å². The lowest BCUT2D eigenvalue weighted by atomic mass is 9.73. The van der Waals surface area contributed by atoms with Crippen LogP contribution in [0, 0.1) is 17.8 Å². The molecule has 5 N–H and O–H groups in total. The standard InChI is InChI=1S/C21H38N4O2/c1-3-16-17-6-4-5-13(2)19(17)25-20(16)21(27)24-15-9-7-14(8-10-15)23-18(26)11-12-22/h13-17,19-20,25H,3-12,22H2,1-2H3,(H,23,26)(H,24,27). The fraction of sp³-hybridized carbons (Fsp3) is 0.905. The van der Waals surface area contributed by atoms with Gasteiger partial charge in [0.05, 0.1) is 6.04 Å². The van der Waals surface area contributed by atoms with Gasteiger partial charge in [0, 0.05) is 31.1 Å². The van der Waals surface area contributed by atoms with Crippen molar-refractivity contribution in [2.24, 2.45) is 23.5 Å². The van der Waals surface area contributed by atoms with E-state index in [1.165, 1.54) is 19.3 Å². The molecule has 3 fully saturated rings. The van der Waals surface area contributed by atoms with E-state index in [1.807, 2.05) is 0 Å². The van der Waals surface area contributed by atoms with Gasteiger partial charge in [-0.15, -0.1) is 0 Å². The predicted molar refractivity (Wildman–Crippen MR) is 107 cm³/mol. The first kappa shape index (κ1) is 20.6. The van der Waals surface area contributed by atoms with Gasteiger partial charge in [-0.1, -0.05) is 26.7 Å². The molecule has 0 aromatic rings. The molecule has 27 heavy (non-hydrogen) atoms. The molecule has 1 aliphatic heterocycles. The molecule has 2 aliphatic carbocycles. The van der Waals surface area contributed by atoms with E-state index in [0.717, 1.165) is 32.1 Å². The molecule has 0 bridgehead atoms. The number of fused-ring (bicyclic) bond motifs is 1. The lowest BCUT2D eigenvalue weighted by Crippen LogP contribution is -2.51. The van der Waals surface area contributed by atoms with Gasteiger partial charge in [-0.25, -0.2) is 0 Å². The van der Waals surface area contributed by atoms with Crippen LogP contribution in [0.4, 0.5) is 0 Å². The zero-order chi connectivity index (χ0) is 19.4. The summed E-state index contributed by atoms with van der Waals surface area (Å²) in [5, 5.41) is 10.1. The molecule has 0 radical (unpaired) electrons. The highest BCUT2D eigenvalue weighted by molar-refractivity contribution is 5.83. The second kappa shape index (κ2) is 9.37. The highest BCUT2D eigenvalue weighted by Crippen LogP contribution is 2.42. The summed E-state index contributed by atoms with van der Waals surface area (Å²) in [4.78, 5) is 24.7. The van der Waals surface area contributed by atoms with Gasteiger partial charge in [-0.2, -0.15) is 0 Å². The molecule has 6 heteroatoms. The Kier molecular flexibility index (Phi) is 7.15. The Bertz CT molecular complexity index is 518. The van der Waals surface area contributed by atoms with Crippen molar-refractivity contribution in [2.45, 2.75) is 95.8 Å². The third kappa shape index (κ3) is 4.83. The van der Waals surface area contributed by atoms with Crippen LogP contribution in [-0.2, 0) is 9.59 Å². The number of carbonyl (C=O) groups excluding carboxylic acids is 2. The summed E-state index contributed by atoms with van der Waals surface area (Å²) in [6.45, 7) is 4.95. The van der Waals surface area contributed by atoms with Crippen LogP contribution in [0.3, 0.4) is 0 Å². The Labute approximate surface area is 163 Å². The van der Waals surface area contributed by atoms with Crippen LogP contribution in [0.15, 0.2) is 0 Å². The van der Waals surface area contributed by atoms with Crippen LogP contribution in [0.2, 0.25) is 0 Å². The van der Waals surface area contributed by atoms with Gasteiger partial charge in [0.25, 0.3) is 0 Å². The summed E-state index contributed by atoms with van der Waals surface area (Å²) in [6, 6.07) is 0.939. The molecule has 0 spiro atoms. The SMILES string of the molecule is CCC1C(C(=O)NC2CCC(NC(=O)CCN)CC2)NC2C(C)CCCC12. The first-order valence-electron chi connectivity index (χ1n) is 11.1. The van der Waals surface area contributed by atoms with E-state index < -0.39 is 0 Å². The Morgan fingerprint density at radius 1 is 1.04 bits per heavy atom. The second-order valence-corrected chi connectivity index (χ2v) is 8.98. The number of nitrogens with one attached hydrogen (secondary N) is 3. The van der Waals surface area contributed by atoms with Crippen LogP contribution in [0.25, 0.3) is 0 Å². The van der Waals surface area contributed by atoms with Crippen LogP contribution in [0.1, 0.15) is 71.6 Å². The smallest absolute Gasteiger partial charge is 0.237 e. The highest BCUT2D eigenvalue weighted by Gasteiger charge is 2.48. The number of carbonyl (C=O) groups is 2. The topological polar surface area (TPSA) is 96.2 Å². The number of rotatable bonds is 6. The number of nitrogens with two attached hydrogens (primary N) is 1. The minimum atomic E-state index is -0.0347. The maximum absolute atomic E-state index is 13.0. The molecule has 1 heterocycles. The molecule has 2 amide bonds. The van der Waals surface area contributed by atoms with E-state index in [1.54, 1.807) is 0 Å². The van der Waals surface area contributed by atoms with Crippen molar-refractivity contribution in [1.29, 1.82) is 0 Å². The second-order valence-electron chi connectivity index (χ2n) is 8.98. The fourth-order valence-corrected chi connectivity index (χ4v) is 5.72. The Morgan fingerprint density at radius 3 is 2.33 bits per heavy atom. The lowest BCUT2D eigenvalue weighted by molar-refractivity contribution is -0.125. The first-order valence-corrected chi connectivity index (χ1v) is 11.1. The van der Waals surface area contributed by atoms with Crippen molar-refractivity contribution in [3.05, 3.63) is 0 Å². The maximum Gasteiger partial charge on any atom is 0.237 e. The summed E-state index contributed by atoms with van der Waals surface area (Å²) in [5.41, 5.74) is 5.43. The minimum absolute atomic E-state index is 0.0347.